The Bertz CT molecular complexity index is 526. The highest BCUT2D eigenvalue weighted by Crippen LogP contribution is 2.14. The van der Waals surface area contributed by atoms with Gasteiger partial charge in [0.15, 0.2) is 0 Å². The average Bonchev–Trinajstić information content (AvgIpc) is 2.43. The third-order valence-corrected chi connectivity index (χ3v) is 2.80. The molecule has 0 saturated heterocycles. The van der Waals surface area contributed by atoms with E-state index >= 15 is 0 Å². The maximum atomic E-state index is 5.75. The first-order valence-corrected chi connectivity index (χ1v) is 6.63. The van der Waals surface area contributed by atoms with Gasteiger partial charge in [-0.05, 0) is 43.3 Å². The molecule has 1 heterocycles. The standard InChI is InChI=1S/C16H20N2O/c1-3-17-11-14-7-5-8-15(18-14)12-19-16-9-4-6-13(2)10-16/h4-10,17H,3,11-12H2,1-2H3. The summed E-state index contributed by atoms with van der Waals surface area (Å²) < 4.78 is 5.75. The largest absolute Gasteiger partial charge is 0.487 e. The molecular formula is C16H20N2O. The lowest BCUT2D eigenvalue weighted by Crippen LogP contribution is -2.13. The van der Waals surface area contributed by atoms with Crippen LogP contribution in [0.4, 0.5) is 0 Å². The first-order valence-electron chi connectivity index (χ1n) is 6.63. The van der Waals surface area contributed by atoms with Crippen LogP contribution in [-0.2, 0) is 13.2 Å². The number of rotatable bonds is 6. The third kappa shape index (κ3) is 4.38. The molecule has 0 fully saturated rings. The molecule has 0 amide bonds. The summed E-state index contributed by atoms with van der Waals surface area (Å²) in [5.41, 5.74) is 3.20. The predicted molar refractivity (Wildman–Crippen MR) is 77.1 cm³/mol. The highest BCUT2D eigenvalue weighted by atomic mass is 16.5. The molecule has 0 bridgehead atoms. The monoisotopic (exact) mass is 256 g/mol. The fourth-order valence-electron chi connectivity index (χ4n) is 1.82. The van der Waals surface area contributed by atoms with Gasteiger partial charge in [0, 0.05) is 6.54 Å². The van der Waals surface area contributed by atoms with Crippen LogP contribution in [0.1, 0.15) is 23.9 Å². The Morgan fingerprint density at radius 1 is 1.11 bits per heavy atom. The fourth-order valence-corrected chi connectivity index (χ4v) is 1.82. The molecular weight excluding hydrogens is 236 g/mol. The van der Waals surface area contributed by atoms with Gasteiger partial charge in [-0.25, -0.2) is 0 Å². The second-order valence-corrected chi connectivity index (χ2v) is 4.51. The average molecular weight is 256 g/mol. The molecule has 3 nitrogen and oxygen atoms in total. The van der Waals surface area contributed by atoms with Gasteiger partial charge in [-0.3, -0.25) is 4.98 Å². The first-order chi connectivity index (χ1) is 9.28. The lowest BCUT2D eigenvalue weighted by Gasteiger charge is -2.08. The molecule has 0 aliphatic heterocycles. The third-order valence-electron chi connectivity index (χ3n) is 2.80. The predicted octanol–water partition coefficient (Wildman–Crippen LogP) is 3.08. The Morgan fingerprint density at radius 2 is 1.89 bits per heavy atom. The van der Waals surface area contributed by atoms with Crippen LogP contribution < -0.4 is 10.1 Å². The van der Waals surface area contributed by atoms with Crippen molar-refractivity contribution in [2.24, 2.45) is 0 Å². The van der Waals surface area contributed by atoms with E-state index < -0.39 is 0 Å². The van der Waals surface area contributed by atoms with Crippen molar-refractivity contribution in [1.82, 2.24) is 10.3 Å². The van der Waals surface area contributed by atoms with Gasteiger partial charge in [-0.2, -0.15) is 0 Å². The highest BCUT2D eigenvalue weighted by molar-refractivity contribution is 5.27. The van der Waals surface area contributed by atoms with E-state index in [1.54, 1.807) is 0 Å². The Labute approximate surface area is 114 Å². The van der Waals surface area contributed by atoms with Crippen LogP contribution >= 0.6 is 0 Å². The zero-order valence-corrected chi connectivity index (χ0v) is 11.5. The molecule has 0 spiro atoms. The van der Waals surface area contributed by atoms with E-state index in [0.717, 1.165) is 30.2 Å². The summed E-state index contributed by atoms with van der Waals surface area (Å²) in [6.07, 6.45) is 0. The number of pyridine rings is 1. The van der Waals surface area contributed by atoms with Crippen molar-refractivity contribution in [3.63, 3.8) is 0 Å². The minimum atomic E-state index is 0.503. The molecule has 2 rings (SSSR count). The highest BCUT2D eigenvalue weighted by Gasteiger charge is 1.99. The van der Waals surface area contributed by atoms with Crippen molar-refractivity contribution < 1.29 is 4.74 Å². The molecule has 0 radical (unpaired) electrons. The lowest BCUT2D eigenvalue weighted by molar-refractivity contribution is 0.300. The van der Waals surface area contributed by atoms with E-state index in [9.17, 15) is 0 Å². The molecule has 1 aromatic carbocycles. The smallest absolute Gasteiger partial charge is 0.130 e. The molecule has 3 heteroatoms. The van der Waals surface area contributed by atoms with Crippen LogP contribution in [0.2, 0.25) is 0 Å². The van der Waals surface area contributed by atoms with E-state index in [0.29, 0.717) is 6.61 Å². The zero-order chi connectivity index (χ0) is 13.5. The zero-order valence-electron chi connectivity index (χ0n) is 11.5. The van der Waals surface area contributed by atoms with Crippen molar-refractivity contribution in [2.75, 3.05) is 6.54 Å². The van der Waals surface area contributed by atoms with Gasteiger partial charge in [0.25, 0.3) is 0 Å². The van der Waals surface area contributed by atoms with Crippen molar-refractivity contribution in [3.8, 4) is 5.75 Å². The summed E-state index contributed by atoms with van der Waals surface area (Å²) in [6, 6.07) is 14.1. The Kier molecular flexibility index (Phi) is 4.93. The summed E-state index contributed by atoms with van der Waals surface area (Å²) in [5.74, 6) is 0.888. The first kappa shape index (κ1) is 13.6. The molecule has 0 aliphatic carbocycles. The Hall–Kier alpha value is -1.87. The van der Waals surface area contributed by atoms with Crippen LogP contribution in [0.15, 0.2) is 42.5 Å². The molecule has 100 valence electrons. The minimum absolute atomic E-state index is 0.503. The molecule has 2 aromatic rings. The van der Waals surface area contributed by atoms with Crippen molar-refractivity contribution in [1.29, 1.82) is 0 Å². The van der Waals surface area contributed by atoms with E-state index in [4.69, 9.17) is 4.74 Å². The molecule has 1 aromatic heterocycles. The minimum Gasteiger partial charge on any atom is -0.487 e. The van der Waals surface area contributed by atoms with Crippen LogP contribution in [0, 0.1) is 6.92 Å². The normalized spacial score (nSPS) is 10.4. The quantitative estimate of drug-likeness (QED) is 0.862. The second-order valence-electron chi connectivity index (χ2n) is 4.51. The number of nitrogens with zero attached hydrogens (tertiary/aromatic N) is 1. The van der Waals surface area contributed by atoms with Gasteiger partial charge in [0.1, 0.15) is 12.4 Å². The Morgan fingerprint density at radius 3 is 2.68 bits per heavy atom. The lowest BCUT2D eigenvalue weighted by atomic mass is 10.2. The van der Waals surface area contributed by atoms with Crippen molar-refractivity contribution >= 4 is 0 Å². The van der Waals surface area contributed by atoms with Gasteiger partial charge in [0.05, 0.1) is 11.4 Å². The van der Waals surface area contributed by atoms with Crippen LogP contribution in [0.5, 0.6) is 5.75 Å². The van der Waals surface area contributed by atoms with Gasteiger partial charge >= 0.3 is 0 Å². The summed E-state index contributed by atoms with van der Waals surface area (Å²) in [4.78, 5) is 4.56. The molecule has 0 unspecified atom stereocenters. The number of aromatic nitrogens is 1. The van der Waals surface area contributed by atoms with Gasteiger partial charge in [-0.15, -0.1) is 0 Å². The van der Waals surface area contributed by atoms with Gasteiger partial charge in [-0.1, -0.05) is 25.1 Å². The number of hydrogen-bond donors (Lipinski definition) is 1. The summed E-state index contributed by atoms with van der Waals surface area (Å²) in [5, 5.41) is 3.27. The number of benzene rings is 1. The van der Waals surface area contributed by atoms with E-state index in [1.165, 1.54) is 5.56 Å². The number of nitrogens with one attached hydrogen (secondary N) is 1. The number of ether oxygens (including phenoxy) is 1. The van der Waals surface area contributed by atoms with Crippen molar-refractivity contribution in [2.45, 2.75) is 27.0 Å². The topological polar surface area (TPSA) is 34.1 Å². The fraction of sp³-hybridized carbons (Fsp3) is 0.312. The summed E-state index contributed by atoms with van der Waals surface area (Å²) in [6.45, 7) is 6.40. The van der Waals surface area contributed by atoms with E-state index in [-0.39, 0.29) is 0 Å². The van der Waals surface area contributed by atoms with E-state index in [2.05, 4.69) is 30.2 Å². The summed E-state index contributed by atoms with van der Waals surface area (Å²) in [7, 11) is 0. The van der Waals surface area contributed by atoms with Gasteiger partial charge in [0.2, 0.25) is 0 Å². The maximum absolute atomic E-state index is 5.75. The van der Waals surface area contributed by atoms with E-state index in [1.807, 2.05) is 36.4 Å². The molecule has 0 saturated carbocycles. The van der Waals surface area contributed by atoms with Crippen LogP contribution in [0.3, 0.4) is 0 Å². The molecule has 19 heavy (non-hydrogen) atoms. The van der Waals surface area contributed by atoms with Gasteiger partial charge < -0.3 is 10.1 Å². The Balaban J connectivity index is 1.95. The molecule has 1 N–H and O–H groups in total. The van der Waals surface area contributed by atoms with Crippen molar-refractivity contribution in [3.05, 3.63) is 59.4 Å². The number of hydrogen-bond acceptors (Lipinski definition) is 3. The van der Waals surface area contributed by atoms with Crippen LogP contribution in [0.25, 0.3) is 0 Å². The molecule has 0 aliphatic rings. The summed E-state index contributed by atoms with van der Waals surface area (Å²) >= 11 is 0. The second kappa shape index (κ2) is 6.90. The molecule has 0 atom stereocenters. The number of aryl methyl sites for hydroxylation is 1. The maximum Gasteiger partial charge on any atom is 0.130 e. The van der Waals surface area contributed by atoms with Crippen LogP contribution in [-0.4, -0.2) is 11.5 Å². The SMILES string of the molecule is CCNCc1cccc(COc2cccc(C)c2)n1.